The summed E-state index contributed by atoms with van der Waals surface area (Å²) in [7, 11) is -12.9. The predicted octanol–water partition coefficient (Wildman–Crippen LogP) is 3.56. The number of hydrogen-bond donors (Lipinski definition) is 2. The van der Waals surface area contributed by atoms with Crippen LogP contribution in [-0.4, -0.2) is 32.3 Å². The van der Waals surface area contributed by atoms with Crippen LogP contribution >= 0.6 is 10.8 Å². The second kappa shape index (κ2) is 5.37. The van der Waals surface area contributed by atoms with E-state index in [4.69, 9.17) is 9.11 Å². The normalized spacial score (nSPS) is 18.4. The SMILES string of the molecule is O=S(=O)(N(C1=CCCC=C1)S(O)(O)C(F)(F)F)C(F)(F)F. The fraction of sp³-hybridized carbons (Fsp3) is 0.500. The van der Waals surface area contributed by atoms with E-state index >= 15 is 0 Å². The number of hydrogen-bond acceptors (Lipinski definition) is 4. The van der Waals surface area contributed by atoms with Crippen LogP contribution < -0.4 is 0 Å². The van der Waals surface area contributed by atoms with E-state index in [1.54, 1.807) is 0 Å². The van der Waals surface area contributed by atoms with E-state index < -0.39 is 41.2 Å². The molecule has 0 atom stereocenters. The van der Waals surface area contributed by atoms with Crippen LogP contribution in [0.25, 0.3) is 0 Å². The van der Waals surface area contributed by atoms with Crippen molar-refractivity contribution in [3.05, 3.63) is 23.9 Å². The maximum absolute atomic E-state index is 12.6. The molecule has 0 aliphatic heterocycles. The van der Waals surface area contributed by atoms with Crippen LogP contribution in [0.2, 0.25) is 0 Å². The van der Waals surface area contributed by atoms with Crippen molar-refractivity contribution in [3.63, 3.8) is 0 Å². The van der Waals surface area contributed by atoms with Crippen molar-refractivity contribution in [1.82, 2.24) is 3.71 Å². The number of nitrogens with zero attached hydrogens (tertiary/aromatic N) is 1. The van der Waals surface area contributed by atoms with Crippen LogP contribution in [0.15, 0.2) is 23.9 Å². The highest BCUT2D eigenvalue weighted by atomic mass is 32.3. The Morgan fingerprint density at radius 1 is 1.00 bits per heavy atom. The first-order valence-corrected chi connectivity index (χ1v) is 8.00. The number of halogens is 6. The zero-order chi connectivity index (χ0) is 16.7. The van der Waals surface area contributed by atoms with Crippen molar-refractivity contribution < 1.29 is 43.9 Å². The summed E-state index contributed by atoms with van der Waals surface area (Å²) in [5.41, 5.74) is -13.2. The van der Waals surface area contributed by atoms with E-state index in [0.717, 1.165) is 12.2 Å². The first-order chi connectivity index (χ1) is 9.23. The molecular formula is C8H9F6NO4S2. The minimum absolute atomic E-state index is 0.0525. The molecule has 13 heteroatoms. The maximum atomic E-state index is 12.6. The third kappa shape index (κ3) is 3.30. The lowest BCUT2D eigenvalue weighted by Gasteiger charge is -2.43. The van der Waals surface area contributed by atoms with Crippen molar-refractivity contribution in [3.8, 4) is 0 Å². The summed E-state index contributed by atoms with van der Waals surface area (Å²) in [4.78, 5) is 0. The summed E-state index contributed by atoms with van der Waals surface area (Å²) in [6, 6.07) is 0. The molecule has 0 heterocycles. The molecule has 0 unspecified atom stereocenters. The molecule has 0 spiro atoms. The zero-order valence-electron chi connectivity index (χ0n) is 9.89. The molecule has 0 aromatic heterocycles. The van der Waals surface area contributed by atoms with Crippen LogP contribution in [-0.2, 0) is 10.0 Å². The largest absolute Gasteiger partial charge is 0.518 e. The molecule has 0 amide bonds. The summed E-state index contributed by atoms with van der Waals surface area (Å²) in [5, 5.41) is 0. The van der Waals surface area contributed by atoms with Gasteiger partial charge in [-0.15, -0.1) is 3.71 Å². The Morgan fingerprint density at radius 2 is 1.52 bits per heavy atom. The monoisotopic (exact) mass is 361 g/mol. The summed E-state index contributed by atoms with van der Waals surface area (Å²) in [6.07, 6.45) is 2.70. The van der Waals surface area contributed by atoms with E-state index in [2.05, 4.69) is 0 Å². The maximum Gasteiger partial charge on any atom is 0.518 e. The Bertz CT molecular complexity index is 562. The number of allylic oxidation sites excluding steroid dienone is 3. The van der Waals surface area contributed by atoms with E-state index in [-0.39, 0.29) is 12.8 Å². The van der Waals surface area contributed by atoms with Crippen LogP contribution in [0.3, 0.4) is 0 Å². The Balaban J connectivity index is 3.54. The van der Waals surface area contributed by atoms with E-state index in [0.29, 0.717) is 6.08 Å². The van der Waals surface area contributed by atoms with Gasteiger partial charge in [-0.25, -0.2) is 0 Å². The van der Waals surface area contributed by atoms with E-state index in [1.165, 1.54) is 0 Å². The molecule has 124 valence electrons. The minimum atomic E-state index is -6.65. The van der Waals surface area contributed by atoms with Crippen LogP contribution in [0.4, 0.5) is 26.3 Å². The van der Waals surface area contributed by atoms with Crippen LogP contribution in [0, 0.1) is 0 Å². The van der Waals surface area contributed by atoms with Gasteiger partial charge in [-0.1, -0.05) is 12.2 Å². The molecule has 1 rings (SSSR count). The second-order valence-corrected chi connectivity index (χ2v) is 7.63. The van der Waals surface area contributed by atoms with Crippen LogP contribution in [0.5, 0.6) is 0 Å². The van der Waals surface area contributed by atoms with Gasteiger partial charge in [0.1, 0.15) is 0 Å². The lowest BCUT2D eigenvalue weighted by molar-refractivity contribution is -0.0597. The van der Waals surface area contributed by atoms with Crippen molar-refractivity contribution >= 4 is 20.8 Å². The summed E-state index contributed by atoms with van der Waals surface area (Å²) >= 11 is 0. The standard InChI is InChI=1S/C8H9F6NO4S2/c9-7(10,11)20(16,17)15(6-4-2-1-3-5-6)21(18,19)8(12,13)14/h2,4-5,16-17H,1,3H2. The average molecular weight is 361 g/mol. The topological polar surface area (TPSA) is 77.8 Å². The molecule has 0 aromatic carbocycles. The van der Waals surface area contributed by atoms with Gasteiger partial charge in [0, 0.05) is 0 Å². The Labute approximate surface area is 117 Å². The molecule has 0 bridgehead atoms. The Morgan fingerprint density at radius 3 is 1.86 bits per heavy atom. The van der Waals surface area contributed by atoms with Gasteiger partial charge < -0.3 is 0 Å². The lowest BCUT2D eigenvalue weighted by Crippen LogP contribution is -2.45. The summed E-state index contributed by atoms with van der Waals surface area (Å²) in [5.74, 6) is 0. The summed E-state index contributed by atoms with van der Waals surface area (Å²) < 4.78 is 114. The number of rotatable bonds is 3. The van der Waals surface area contributed by atoms with Crippen molar-refractivity contribution in [2.75, 3.05) is 0 Å². The summed E-state index contributed by atoms with van der Waals surface area (Å²) in [6.45, 7) is 0. The average Bonchev–Trinajstić information content (AvgIpc) is 2.26. The van der Waals surface area contributed by atoms with Crippen molar-refractivity contribution in [1.29, 1.82) is 0 Å². The molecule has 0 saturated carbocycles. The second-order valence-electron chi connectivity index (χ2n) is 3.75. The number of sulfonamides is 1. The fourth-order valence-corrected chi connectivity index (χ4v) is 4.17. The molecule has 0 fully saturated rings. The third-order valence-electron chi connectivity index (χ3n) is 2.24. The van der Waals surface area contributed by atoms with Gasteiger partial charge in [0.15, 0.2) is 0 Å². The highest BCUT2D eigenvalue weighted by Gasteiger charge is 2.61. The van der Waals surface area contributed by atoms with E-state index in [1.807, 2.05) is 0 Å². The van der Waals surface area contributed by atoms with Crippen molar-refractivity contribution in [2.24, 2.45) is 0 Å². The van der Waals surface area contributed by atoms with Gasteiger partial charge in [0.2, 0.25) is 0 Å². The van der Waals surface area contributed by atoms with Gasteiger partial charge in [-0.2, -0.15) is 34.8 Å². The van der Waals surface area contributed by atoms with Gasteiger partial charge in [0.25, 0.3) is 0 Å². The smallest absolute Gasteiger partial charge is 0.274 e. The minimum Gasteiger partial charge on any atom is -0.274 e. The first-order valence-electron chi connectivity index (χ1n) is 5.06. The highest BCUT2D eigenvalue weighted by molar-refractivity contribution is 8.28. The Hall–Kier alpha value is -0.920. The molecule has 0 radical (unpaired) electrons. The molecule has 1 aliphatic rings. The molecule has 0 saturated heterocycles. The lowest BCUT2D eigenvalue weighted by atomic mass is 10.2. The molecule has 2 N–H and O–H groups in total. The highest BCUT2D eigenvalue weighted by Crippen LogP contribution is 2.62. The molecular weight excluding hydrogens is 352 g/mol. The Kier molecular flexibility index (Phi) is 4.64. The van der Waals surface area contributed by atoms with Crippen molar-refractivity contribution in [2.45, 2.75) is 23.9 Å². The number of alkyl halides is 6. The zero-order valence-corrected chi connectivity index (χ0v) is 11.5. The van der Waals surface area contributed by atoms with Crippen LogP contribution in [0.1, 0.15) is 12.8 Å². The van der Waals surface area contributed by atoms with Gasteiger partial charge in [-0.3, -0.25) is 9.11 Å². The predicted molar refractivity (Wildman–Crippen MR) is 62.2 cm³/mol. The van der Waals surface area contributed by atoms with Gasteiger partial charge >= 0.3 is 21.0 Å². The quantitative estimate of drug-likeness (QED) is 0.754. The molecule has 5 nitrogen and oxygen atoms in total. The fourth-order valence-electron chi connectivity index (χ4n) is 1.35. The molecule has 1 aliphatic carbocycles. The molecule has 0 aromatic rings. The first kappa shape index (κ1) is 18.1. The van der Waals surface area contributed by atoms with E-state index in [9.17, 15) is 34.8 Å². The van der Waals surface area contributed by atoms with Gasteiger partial charge in [-0.05, 0) is 29.7 Å². The molecule has 21 heavy (non-hydrogen) atoms. The third-order valence-corrected chi connectivity index (χ3v) is 5.98. The van der Waals surface area contributed by atoms with Gasteiger partial charge in [0.05, 0.1) is 5.70 Å².